The van der Waals surface area contributed by atoms with E-state index in [1.54, 1.807) is 12.5 Å². The van der Waals surface area contributed by atoms with Crippen LogP contribution >= 0.6 is 0 Å². The average molecular weight is 529 g/mol. The van der Waals surface area contributed by atoms with Gasteiger partial charge in [0.05, 0.1) is 0 Å². The van der Waals surface area contributed by atoms with E-state index in [1.807, 2.05) is 109 Å². The lowest BCUT2D eigenvalue weighted by Gasteiger charge is -2.11. The minimum absolute atomic E-state index is 0.581. The van der Waals surface area contributed by atoms with Crippen LogP contribution in [0, 0.1) is 0 Å². The minimum atomic E-state index is 0.581. The molecule has 0 fully saturated rings. The fourth-order valence-electron chi connectivity index (χ4n) is 5.21. The van der Waals surface area contributed by atoms with Crippen molar-refractivity contribution in [1.82, 2.24) is 29.9 Å². The van der Waals surface area contributed by atoms with Gasteiger partial charge in [-0.2, -0.15) is 0 Å². The molecule has 0 radical (unpaired) electrons. The normalized spacial score (nSPS) is 11.4. The van der Waals surface area contributed by atoms with E-state index < -0.39 is 0 Å². The molecule has 0 amide bonds. The van der Waals surface area contributed by atoms with Gasteiger partial charge in [0.1, 0.15) is 28.8 Å². The summed E-state index contributed by atoms with van der Waals surface area (Å²) in [6.07, 6.45) is 3.35. The van der Waals surface area contributed by atoms with Gasteiger partial charge in [-0.25, -0.2) is 24.9 Å². The molecular formula is C34H20N6O. The van der Waals surface area contributed by atoms with Crippen molar-refractivity contribution in [3.8, 4) is 45.6 Å². The van der Waals surface area contributed by atoms with Crippen molar-refractivity contribution in [2.75, 3.05) is 0 Å². The zero-order valence-corrected chi connectivity index (χ0v) is 21.6. The maximum absolute atomic E-state index is 6.23. The van der Waals surface area contributed by atoms with E-state index in [4.69, 9.17) is 24.4 Å². The van der Waals surface area contributed by atoms with Gasteiger partial charge in [0.15, 0.2) is 23.1 Å². The summed E-state index contributed by atoms with van der Waals surface area (Å²) in [5.74, 6) is 1.80. The average Bonchev–Trinajstić information content (AvgIpc) is 3.44. The first-order valence-electron chi connectivity index (χ1n) is 13.2. The standard InChI is InChI=1S/C34H20N6O/c1-3-10-21(11-4-1)32-38-33(22-12-5-2-6-13-22)40-34(39-32)25-16-9-15-24-23(25)18-19-35-28(24)30-31-29(36-20-37-30)26-14-7-8-17-27(26)41-31/h1-20H. The maximum Gasteiger partial charge on any atom is 0.181 e. The van der Waals surface area contributed by atoms with Crippen molar-refractivity contribution in [3.63, 3.8) is 0 Å². The fourth-order valence-corrected chi connectivity index (χ4v) is 5.21. The predicted octanol–water partition coefficient (Wildman–Crippen LogP) is 7.78. The molecule has 7 heteroatoms. The quantitative estimate of drug-likeness (QED) is 0.230. The molecule has 8 rings (SSSR count). The number of hydrogen-bond acceptors (Lipinski definition) is 7. The van der Waals surface area contributed by atoms with Gasteiger partial charge in [0, 0.05) is 33.7 Å². The molecule has 0 spiro atoms. The molecule has 0 unspecified atom stereocenters. The molecule has 0 saturated heterocycles. The summed E-state index contributed by atoms with van der Waals surface area (Å²) in [5, 5.41) is 2.80. The van der Waals surface area contributed by atoms with E-state index >= 15 is 0 Å². The number of aromatic nitrogens is 6. The number of fused-ring (bicyclic) bond motifs is 4. The molecular weight excluding hydrogens is 508 g/mol. The van der Waals surface area contributed by atoms with Gasteiger partial charge in [-0.3, -0.25) is 4.98 Å². The molecule has 4 aromatic heterocycles. The molecule has 0 aliphatic carbocycles. The highest BCUT2D eigenvalue weighted by Gasteiger charge is 2.19. The van der Waals surface area contributed by atoms with Crippen molar-refractivity contribution in [2.24, 2.45) is 0 Å². The molecule has 0 saturated carbocycles. The Hall–Kier alpha value is -5.82. The first kappa shape index (κ1) is 23.1. The summed E-state index contributed by atoms with van der Waals surface area (Å²) >= 11 is 0. The van der Waals surface area contributed by atoms with E-state index in [0.29, 0.717) is 34.4 Å². The van der Waals surface area contributed by atoms with E-state index in [0.717, 1.165) is 43.9 Å². The van der Waals surface area contributed by atoms with Crippen molar-refractivity contribution in [1.29, 1.82) is 0 Å². The lowest BCUT2D eigenvalue weighted by molar-refractivity contribution is 0.667. The maximum atomic E-state index is 6.23. The van der Waals surface area contributed by atoms with Gasteiger partial charge in [0.2, 0.25) is 0 Å². The van der Waals surface area contributed by atoms with Crippen LogP contribution in [0.2, 0.25) is 0 Å². The van der Waals surface area contributed by atoms with Crippen LogP contribution < -0.4 is 0 Å². The summed E-state index contributed by atoms with van der Waals surface area (Å²) in [6, 6.07) is 35.8. The molecule has 0 aliphatic rings. The van der Waals surface area contributed by atoms with E-state index in [1.165, 1.54) is 0 Å². The Kier molecular flexibility index (Phi) is 5.31. The highest BCUT2D eigenvalue weighted by molar-refractivity contribution is 6.09. The van der Waals surface area contributed by atoms with Crippen LogP contribution in [0.25, 0.3) is 78.4 Å². The Morgan fingerprint density at radius 3 is 1.88 bits per heavy atom. The van der Waals surface area contributed by atoms with E-state index in [9.17, 15) is 0 Å². The van der Waals surface area contributed by atoms with Gasteiger partial charge < -0.3 is 4.42 Å². The summed E-state index contributed by atoms with van der Waals surface area (Å²) in [6.45, 7) is 0. The third kappa shape index (κ3) is 3.91. The predicted molar refractivity (Wildman–Crippen MR) is 160 cm³/mol. The molecule has 0 aliphatic heterocycles. The molecule has 7 nitrogen and oxygen atoms in total. The summed E-state index contributed by atoms with van der Waals surface area (Å²) in [7, 11) is 0. The van der Waals surface area contributed by atoms with Crippen LogP contribution in [-0.2, 0) is 0 Å². The van der Waals surface area contributed by atoms with Crippen molar-refractivity contribution >= 4 is 32.8 Å². The topological polar surface area (TPSA) is 90.5 Å². The smallest absolute Gasteiger partial charge is 0.181 e. The molecule has 0 bridgehead atoms. The molecule has 41 heavy (non-hydrogen) atoms. The highest BCUT2D eigenvalue weighted by atomic mass is 16.3. The molecule has 4 heterocycles. The molecule has 0 N–H and O–H groups in total. The number of furan rings is 1. The lowest BCUT2D eigenvalue weighted by Crippen LogP contribution is -2.01. The number of para-hydroxylation sites is 1. The third-order valence-electron chi connectivity index (χ3n) is 7.13. The van der Waals surface area contributed by atoms with Crippen LogP contribution in [0.5, 0.6) is 0 Å². The number of hydrogen-bond donors (Lipinski definition) is 0. The largest absolute Gasteiger partial charge is 0.452 e. The molecule has 4 aromatic carbocycles. The number of nitrogens with zero attached hydrogens (tertiary/aromatic N) is 6. The van der Waals surface area contributed by atoms with Crippen LogP contribution in [0.4, 0.5) is 0 Å². The van der Waals surface area contributed by atoms with Gasteiger partial charge in [-0.1, -0.05) is 91.0 Å². The van der Waals surface area contributed by atoms with Crippen LogP contribution in [0.1, 0.15) is 0 Å². The molecule has 8 aromatic rings. The minimum Gasteiger partial charge on any atom is -0.452 e. The third-order valence-corrected chi connectivity index (χ3v) is 7.13. The highest BCUT2D eigenvalue weighted by Crippen LogP contribution is 2.37. The molecule has 192 valence electrons. The van der Waals surface area contributed by atoms with Crippen LogP contribution in [0.3, 0.4) is 0 Å². The second-order valence-corrected chi connectivity index (χ2v) is 9.60. The van der Waals surface area contributed by atoms with Crippen LogP contribution in [-0.4, -0.2) is 29.9 Å². The van der Waals surface area contributed by atoms with Gasteiger partial charge >= 0.3 is 0 Å². The molecule has 0 atom stereocenters. The van der Waals surface area contributed by atoms with Crippen LogP contribution in [0.15, 0.2) is 126 Å². The van der Waals surface area contributed by atoms with Gasteiger partial charge in [-0.05, 0) is 23.6 Å². The van der Waals surface area contributed by atoms with Gasteiger partial charge in [-0.15, -0.1) is 0 Å². The first-order chi connectivity index (χ1) is 20.3. The Bertz CT molecular complexity index is 2150. The Morgan fingerprint density at radius 1 is 0.463 bits per heavy atom. The number of benzene rings is 4. The number of pyridine rings is 1. The lowest BCUT2D eigenvalue weighted by atomic mass is 10.0. The van der Waals surface area contributed by atoms with Crippen molar-refractivity contribution in [2.45, 2.75) is 0 Å². The van der Waals surface area contributed by atoms with E-state index in [2.05, 4.69) is 9.97 Å². The second-order valence-electron chi connectivity index (χ2n) is 9.60. The van der Waals surface area contributed by atoms with Crippen molar-refractivity contribution in [3.05, 3.63) is 122 Å². The summed E-state index contributed by atoms with van der Waals surface area (Å²) < 4.78 is 6.23. The van der Waals surface area contributed by atoms with Crippen molar-refractivity contribution < 1.29 is 4.42 Å². The van der Waals surface area contributed by atoms with E-state index in [-0.39, 0.29) is 0 Å². The zero-order chi connectivity index (χ0) is 27.2. The summed E-state index contributed by atoms with van der Waals surface area (Å²) in [5.41, 5.74) is 6.19. The summed E-state index contributed by atoms with van der Waals surface area (Å²) in [4.78, 5) is 28.6. The zero-order valence-electron chi connectivity index (χ0n) is 21.6. The Balaban J connectivity index is 1.36. The Morgan fingerprint density at radius 2 is 1.12 bits per heavy atom. The monoisotopic (exact) mass is 528 g/mol. The Labute approximate surface area is 234 Å². The first-order valence-corrected chi connectivity index (χ1v) is 13.2. The number of rotatable bonds is 4. The fraction of sp³-hybridized carbons (Fsp3) is 0. The second kappa shape index (κ2) is 9.43. The van der Waals surface area contributed by atoms with Gasteiger partial charge in [0.25, 0.3) is 0 Å². The SMILES string of the molecule is c1ccc(-c2nc(-c3ccccc3)nc(-c3cccc4c(-c5ncnc6c5oc5ccccc56)nccc34)n2)cc1.